The maximum atomic E-state index is 12.0. The van der Waals surface area contributed by atoms with Crippen molar-refractivity contribution in [3.05, 3.63) is 36.0 Å². The van der Waals surface area contributed by atoms with E-state index >= 15 is 0 Å². The van der Waals surface area contributed by atoms with Gasteiger partial charge in [-0.3, -0.25) is 9.88 Å². The summed E-state index contributed by atoms with van der Waals surface area (Å²) in [7, 11) is 1.64. The van der Waals surface area contributed by atoms with E-state index in [1.54, 1.807) is 18.2 Å². The van der Waals surface area contributed by atoms with Crippen LogP contribution in [0.15, 0.2) is 30.5 Å². The number of aliphatic hydroxyl groups is 1. The Balaban J connectivity index is 1.53. The Morgan fingerprint density at radius 3 is 2.52 bits per heavy atom. The van der Waals surface area contributed by atoms with E-state index in [0.29, 0.717) is 6.42 Å². The second-order valence-corrected chi connectivity index (χ2v) is 9.82. The molecule has 2 saturated heterocycles. The number of piperidine rings is 1. The summed E-state index contributed by atoms with van der Waals surface area (Å²) in [6, 6.07) is 8.15. The van der Waals surface area contributed by atoms with Gasteiger partial charge in [0.25, 0.3) is 0 Å². The van der Waals surface area contributed by atoms with E-state index in [1.165, 1.54) is 0 Å². The highest BCUT2D eigenvalue weighted by molar-refractivity contribution is 5.83. The number of hydrogen-bond donors (Lipinski definition) is 2. The second kappa shape index (κ2) is 8.28. The number of carboxylic acid groups (broad SMARTS) is 1. The molecule has 2 fully saturated rings. The van der Waals surface area contributed by atoms with Gasteiger partial charge in [-0.15, -0.1) is 0 Å². The van der Waals surface area contributed by atoms with Crippen LogP contribution in [0.5, 0.6) is 5.75 Å². The van der Waals surface area contributed by atoms with Crippen LogP contribution in [0.25, 0.3) is 10.9 Å². The first-order chi connectivity index (χ1) is 14.7. The fourth-order valence-electron chi connectivity index (χ4n) is 5.66. The van der Waals surface area contributed by atoms with Crippen LogP contribution in [-0.4, -0.2) is 68.1 Å². The van der Waals surface area contributed by atoms with Gasteiger partial charge < -0.3 is 19.8 Å². The van der Waals surface area contributed by atoms with Crippen LogP contribution in [0, 0.1) is 0 Å². The smallest absolute Gasteiger partial charge is 0.407 e. The standard InChI is InChI=1S/C24H33N3O4/c1-24(2,3)27(23(29)30)18-12-16-5-6-17(13-18)26(16)22(28)11-15-9-10-25-21-8-7-19(31-4)14-20(15)21/h7-10,14,16-18,22,28H,5-6,11-13H2,1-4H3,(H,29,30). The molecule has 0 aliphatic carbocycles. The lowest BCUT2D eigenvalue weighted by Gasteiger charge is -2.47. The SMILES string of the molecule is COc1ccc2nccc(CC(O)N3C4CCC3CC(N(C(=O)O)C(C)(C)C)C4)c2c1. The van der Waals surface area contributed by atoms with Crippen molar-refractivity contribution < 1.29 is 19.7 Å². The molecule has 2 bridgehead atoms. The van der Waals surface area contributed by atoms with E-state index in [0.717, 1.165) is 47.9 Å². The average Bonchev–Trinajstić information content (AvgIpc) is 2.97. The molecule has 0 spiro atoms. The number of pyridine rings is 1. The summed E-state index contributed by atoms with van der Waals surface area (Å²) in [6.07, 6.45) is 4.36. The molecule has 168 valence electrons. The number of rotatable bonds is 5. The van der Waals surface area contributed by atoms with Crippen molar-refractivity contribution in [3.8, 4) is 5.75 Å². The summed E-state index contributed by atoms with van der Waals surface area (Å²) in [5, 5.41) is 22.0. The number of nitrogens with zero attached hydrogens (tertiary/aromatic N) is 3. The molecule has 3 heterocycles. The number of ether oxygens (including phenoxy) is 1. The quantitative estimate of drug-likeness (QED) is 0.753. The number of aromatic nitrogens is 1. The molecule has 3 unspecified atom stereocenters. The third kappa shape index (κ3) is 4.21. The predicted octanol–water partition coefficient (Wildman–Crippen LogP) is 3.88. The van der Waals surface area contributed by atoms with Gasteiger partial charge in [0.05, 0.1) is 12.6 Å². The van der Waals surface area contributed by atoms with E-state index in [-0.39, 0.29) is 18.1 Å². The molecule has 3 atom stereocenters. The number of methoxy groups -OCH3 is 1. The number of benzene rings is 1. The van der Waals surface area contributed by atoms with E-state index in [1.807, 2.05) is 45.0 Å². The maximum absolute atomic E-state index is 12.0. The van der Waals surface area contributed by atoms with Gasteiger partial charge in [0.1, 0.15) is 12.0 Å². The first-order valence-corrected chi connectivity index (χ1v) is 11.1. The number of hydrogen-bond acceptors (Lipinski definition) is 5. The van der Waals surface area contributed by atoms with E-state index in [2.05, 4.69) is 9.88 Å². The minimum atomic E-state index is -0.858. The largest absolute Gasteiger partial charge is 0.497 e. The van der Waals surface area contributed by atoms with Gasteiger partial charge in [-0.2, -0.15) is 0 Å². The van der Waals surface area contributed by atoms with E-state index < -0.39 is 17.9 Å². The number of amides is 1. The summed E-state index contributed by atoms with van der Waals surface area (Å²) >= 11 is 0. The summed E-state index contributed by atoms with van der Waals surface area (Å²) < 4.78 is 5.37. The normalized spacial score (nSPS) is 24.9. The lowest BCUT2D eigenvalue weighted by molar-refractivity contribution is -0.0677. The molecule has 2 aliphatic rings. The van der Waals surface area contributed by atoms with Crippen LogP contribution >= 0.6 is 0 Å². The van der Waals surface area contributed by atoms with Crippen molar-refractivity contribution in [2.24, 2.45) is 0 Å². The molecular formula is C24H33N3O4. The van der Waals surface area contributed by atoms with Crippen molar-refractivity contribution in [2.45, 2.75) is 82.8 Å². The average molecular weight is 428 g/mol. The second-order valence-electron chi connectivity index (χ2n) is 9.82. The number of carbonyl (C=O) groups is 1. The van der Waals surface area contributed by atoms with Gasteiger partial charge in [0, 0.05) is 41.7 Å². The Bertz CT molecular complexity index is 943. The first-order valence-electron chi connectivity index (χ1n) is 11.1. The molecule has 4 rings (SSSR count). The zero-order chi connectivity index (χ0) is 22.3. The molecule has 1 amide bonds. The Morgan fingerprint density at radius 2 is 1.94 bits per heavy atom. The molecule has 1 aromatic carbocycles. The predicted molar refractivity (Wildman–Crippen MR) is 119 cm³/mol. The Labute approximate surface area is 183 Å². The lowest BCUT2D eigenvalue weighted by Crippen LogP contribution is -2.59. The van der Waals surface area contributed by atoms with Crippen LogP contribution in [0.1, 0.15) is 52.0 Å². The third-order valence-corrected chi connectivity index (χ3v) is 6.84. The van der Waals surface area contributed by atoms with Gasteiger partial charge >= 0.3 is 6.09 Å². The molecule has 0 radical (unpaired) electrons. The van der Waals surface area contributed by atoms with Crippen molar-refractivity contribution in [1.82, 2.24) is 14.8 Å². The van der Waals surface area contributed by atoms with Crippen molar-refractivity contribution >= 4 is 17.0 Å². The lowest BCUT2D eigenvalue weighted by atomic mass is 9.91. The van der Waals surface area contributed by atoms with Crippen molar-refractivity contribution in [2.75, 3.05) is 7.11 Å². The highest BCUT2D eigenvalue weighted by atomic mass is 16.5. The topological polar surface area (TPSA) is 86.1 Å². The van der Waals surface area contributed by atoms with Crippen molar-refractivity contribution in [3.63, 3.8) is 0 Å². The molecule has 2 aliphatic heterocycles. The molecule has 2 N–H and O–H groups in total. The summed E-state index contributed by atoms with van der Waals surface area (Å²) in [5.74, 6) is 0.771. The van der Waals surface area contributed by atoms with Crippen LogP contribution in [0.2, 0.25) is 0 Å². The van der Waals surface area contributed by atoms with Gasteiger partial charge in [-0.25, -0.2) is 4.79 Å². The number of fused-ring (bicyclic) bond motifs is 3. The summed E-state index contributed by atoms with van der Waals surface area (Å²) in [6.45, 7) is 5.85. The monoisotopic (exact) mass is 427 g/mol. The van der Waals surface area contributed by atoms with Gasteiger partial charge in [-0.05, 0) is 76.3 Å². The molecule has 2 aromatic rings. The van der Waals surface area contributed by atoms with Crippen LogP contribution in [0.4, 0.5) is 4.79 Å². The van der Waals surface area contributed by atoms with Crippen LogP contribution in [0.3, 0.4) is 0 Å². The summed E-state index contributed by atoms with van der Waals surface area (Å²) in [4.78, 5) is 20.2. The fraction of sp³-hybridized carbons (Fsp3) is 0.583. The first kappa shape index (κ1) is 21.8. The molecule has 1 aromatic heterocycles. The fourth-order valence-corrected chi connectivity index (χ4v) is 5.66. The minimum Gasteiger partial charge on any atom is -0.497 e. The zero-order valence-corrected chi connectivity index (χ0v) is 18.8. The highest BCUT2D eigenvalue weighted by Crippen LogP contribution is 2.41. The van der Waals surface area contributed by atoms with Gasteiger partial charge in [-0.1, -0.05) is 0 Å². The Morgan fingerprint density at radius 1 is 1.26 bits per heavy atom. The summed E-state index contributed by atoms with van der Waals surface area (Å²) in [5.41, 5.74) is 1.49. The zero-order valence-electron chi connectivity index (χ0n) is 18.8. The van der Waals surface area contributed by atoms with Gasteiger partial charge in [0.2, 0.25) is 0 Å². The minimum absolute atomic E-state index is 0.00975. The Hall–Kier alpha value is -2.38. The van der Waals surface area contributed by atoms with Crippen LogP contribution < -0.4 is 4.74 Å². The number of aliphatic hydroxyl groups excluding tert-OH is 1. The molecular weight excluding hydrogens is 394 g/mol. The highest BCUT2D eigenvalue weighted by Gasteiger charge is 2.47. The van der Waals surface area contributed by atoms with Crippen LogP contribution in [-0.2, 0) is 6.42 Å². The molecule has 0 saturated carbocycles. The van der Waals surface area contributed by atoms with E-state index in [9.17, 15) is 15.0 Å². The third-order valence-electron chi connectivity index (χ3n) is 6.84. The van der Waals surface area contributed by atoms with Crippen molar-refractivity contribution in [1.29, 1.82) is 0 Å². The van der Waals surface area contributed by atoms with Gasteiger partial charge in [0.15, 0.2) is 0 Å². The molecule has 7 heteroatoms. The molecule has 31 heavy (non-hydrogen) atoms. The maximum Gasteiger partial charge on any atom is 0.407 e. The molecule has 7 nitrogen and oxygen atoms in total. The van der Waals surface area contributed by atoms with E-state index in [4.69, 9.17) is 4.74 Å². The Kier molecular flexibility index (Phi) is 5.83.